The van der Waals surface area contributed by atoms with Crippen LogP contribution < -0.4 is 4.74 Å². The largest absolute Gasteiger partial charge is 0.490 e. The van der Waals surface area contributed by atoms with Crippen molar-refractivity contribution in [1.82, 2.24) is 9.88 Å². The monoisotopic (exact) mass is 394 g/mol. The number of piperidine rings is 1. The van der Waals surface area contributed by atoms with E-state index in [-0.39, 0.29) is 12.4 Å². The standard InChI is InChI=1S/C21H27ClN2O.ClH/c22-21-13-19(12-17-6-9-23-14-20(17)21)25-18-7-10-24(11-8-18)15-16-4-2-1-3-5-16;/h6,9,12-14,16,18H,1-5,7-8,10-11,15H2;1H. The van der Waals surface area contributed by atoms with E-state index in [2.05, 4.69) is 16.0 Å². The van der Waals surface area contributed by atoms with Gasteiger partial charge in [0.05, 0.1) is 5.02 Å². The van der Waals surface area contributed by atoms with E-state index < -0.39 is 0 Å². The molecule has 1 saturated heterocycles. The first-order chi connectivity index (χ1) is 12.3. The van der Waals surface area contributed by atoms with E-state index in [1.807, 2.05) is 18.3 Å². The molecule has 1 aromatic heterocycles. The predicted octanol–water partition coefficient (Wildman–Crippen LogP) is 5.73. The molecule has 1 aliphatic carbocycles. The third kappa shape index (κ3) is 4.82. The fourth-order valence-corrected chi connectivity index (χ4v) is 4.60. The van der Waals surface area contributed by atoms with Gasteiger partial charge in [0.15, 0.2) is 0 Å². The van der Waals surface area contributed by atoms with Crippen molar-refractivity contribution in [2.45, 2.75) is 51.0 Å². The summed E-state index contributed by atoms with van der Waals surface area (Å²) in [6.45, 7) is 3.61. The number of pyridine rings is 1. The van der Waals surface area contributed by atoms with Gasteiger partial charge in [-0.05, 0) is 55.2 Å². The van der Waals surface area contributed by atoms with Crippen LogP contribution in [0, 0.1) is 5.92 Å². The van der Waals surface area contributed by atoms with Crippen molar-refractivity contribution in [3.63, 3.8) is 0 Å². The van der Waals surface area contributed by atoms with Crippen LogP contribution in [0.25, 0.3) is 10.8 Å². The normalized spacial score (nSPS) is 20.0. The van der Waals surface area contributed by atoms with Crippen molar-refractivity contribution >= 4 is 34.8 Å². The Morgan fingerprint density at radius 3 is 2.62 bits per heavy atom. The summed E-state index contributed by atoms with van der Waals surface area (Å²) in [6.07, 6.45) is 13.3. The second-order valence-corrected chi connectivity index (χ2v) is 8.03. The highest BCUT2D eigenvalue weighted by molar-refractivity contribution is 6.35. The maximum absolute atomic E-state index is 6.38. The summed E-state index contributed by atoms with van der Waals surface area (Å²) in [5.74, 6) is 1.81. The minimum absolute atomic E-state index is 0. The van der Waals surface area contributed by atoms with Crippen molar-refractivity contribution in [2.24, 2.45) is 5.92 Å². The molecule has 0 N–H and O–H groups in total. The van der Waals surface area contributed by atoms with Crippen LogP contribution in [0.5, 0.6) is 5.75 Å². The number of benzene rings is 1. The Morgan fingerprint density at radius 1 is 1.08 bits per heavy atom. The fraction of sp³-hybridized carbons (Fsp3) is 0.571. The Labute approximate surface area is 167 Å². The van der Waals surface area contributed by atoms with Crippen LogP contribution in [0.1, 0.15) is 44.9 Å². The number of hydrogen-bond donors (Lipinski definition) is 0. The third-order valence-electron chi connectivity index (χ3n) is 5.76. The molecule has 5 heteroatoms. The van der Waals surface area contributed by atoms with Crippen LogP contribution >= 0.6 is 24.0 Å². The van der Waals surface area contributed by atoms with Crippen LogP contribution in [0.4, 0.5) is 0 Å². The van der Waals surface area contributed by atoms with Crippen LogP contribution in [-0.2, 0) is 0 Å². The number of nitrogens with zero attached hydrogens (tertiary/aromatic N) is 2. The highest BCUT2D eigenvalue weighted by Gasteiger charge is 2.23. The maximum Gasteiger partial charge on any atom is 0.121 e. The number of likely N-dealkylation sites (tertiary alicyclic amines) is 1. The average molecular weight is 395 g/mol. The number of halogens is 2. The molecule has 142 valence electrons. The average Bonchev–Trinajstić information content (AvgIpc) is 2.64. The van der Waals surface area contributed by atoms with E-state index in [1.54, 1.807) is 6.20 Å². The van der Waals surface area contributed by atoms with Crippen molar-refractivity contribution in [2.75, 3.05) is 19.6 Å². The summed E-state index contributed by atoms with van der Waals surface area (Å²) in [5, 5.41) is 2.79. The first-order valence-electron chi connectivity index (χ1n) is 9.70. The van der Waals surface area contributed by atoms with E-state index in [0.717, 1.165) is 53.4 Å². The van der Waals surface area contributed by atoms with Gasteiger partial charge >= 0.3 is 0 Å². The Hall–Kier alpha value is -1.03. The van der Waals surface area contributed by atoms with Crippen molar-refractivity contribution in [3.05, 3.63) is 35.6 Å². The molecule has 2 aliphatic rings. The van der Waals surface area contributed by atoms with Crippen molar-refractivity contribution < 1.29 is 4.74 Å². The van der Waals surface area contributed by atoms with Gasteiger partial charge in [0.1, 0.15) is 11.9 Å². The van der Waals surface area contributed by atoms with Crippen LogP contribution in [0.3, 0.4) is 0 Å². The lowest BCUT2D eigenvalue weighted by molar-refractivity contribution is 0.0864. The van der Waals surface area contributed by atoms with Crippen LogP contribution in [0.15, 0.2) is 30.6 Å². The lowest BCUT2D eigenvalue weighted by Crippen LogP contribution is -2.40. The Bertz CT molecular complexity index is 710. The van der Waals surface area contributed by atoms with Crippen molar-refractivity contribution in [3.8, 4) is 5.75 Å². The van der Waals surface area contributed by atoms with Gasteiger partial charge in [0.25, 0.3) is 0 Å². The summed E-state index contributed by atoms with van der Waals surface area (Å²) in [4.78, 5) is 6.79. The van der Waals surface area contributed by atoms with E-state index in [1.165, 1.54) is 38.6 Å². The molecule has 3 nitrogen and oxygen atoms in total. The summed E-state index contributed by atoms with van der Waals surface area (Å²) in [7, 11) is 0. The van der Waals surface area contributed by atoms with Gasteiger partial charge in [-0.25, -0.2) is 0 Å². The van der Waals surface area contributed by atoms with E-state index in [4.69, 9.17) is 16.3 Å². The molecule has 1 saturated carbocycles. The molecule has 2 heterocycles. The van der Waals surface area contributed by atoms with Crippen LogP contribution in [0.2, 0.25) is 5.02 Å². The van der Waals surface area contributed by atoms with Gasteiger partial charge in [-0.15, -0.1) is 12.4 Å². The van der Waals surface area contributed by atoms with Gasteiger partial charge in [-0.1, -0.05) is 30.9 Å². The highest BCUT2D eigenvalue weighted by Crippen LogP contribution is 2.30. The first-order valence-corrected chi connectivity index (χ1v) is 10.1. The quantitative estimate of drug-likeness (QED) is 0.661. The molecule has 0 unspecified atom stereocenters. The van der Waals surface area contributed by atoms with Gasteiger partial charge in [-0.2, -0.15) is 0 Å². The summed E-state index contributed by atoms with van der Waals surface area (Å²) >= 11 is 6.38. The van der Waals surface area contributed by atoms with E-state index in [0.29, 0.717) is 6.10 Å². The summed E-state index contributed by atoms with van der Waals surface area (Å²) < 4.78 is 6.25. The van der Waals surface area contributed by atoms with Crippen molar-refractivity contribution in [1.29, 1.82) is 0 Å². The van der Waals surface area contributed by atoms with E-state index in [9.17, 15) is 0 Å². The first kappa shape index (κ1) is 19.7. The molecule has 0 bridgehead atoms. The zero-order chi connectivity index (χ0) is 17.1. The fourth-order valence-electron chi connectivity index (χ4n) is 4.33. The number of rotatable bonds is 4. The summed E-state index contributed by atoms with van der Waals surface area (Å²) in [5.41, 5.74) is 0. The lowest BCUT2D eigenvalue weighted by Gasteiger charge is -2.35. The topological polar surface area (TPSA) is 25.4 Å². The molecule has 0 atom stereocenters. The highest BCUT2D eigenvalue weighted by atomic mass is 35.5. The molecule has 0 spiro atoms. The van der Waals surface area contributed by atoms with Gasteiger partial charge in [0.2, 0.25) is 0 Å². The Morgan fingerprint density at radius 2 is 1.85 bits per heavy atom. The maximum atomic E-state index is 6.38. The summed E-state index contributed by atoms with van der Waals surface area (Å²) in [6, 6.07) is 6.00. The number of aromatic nitrogens is 1. The van der Waals surface area contributed by atoms with Gasteiger partial charge < -0.3 is 9.64 Å². The van der Waals surface area contributed by atoms with E-state index >= 15 is 0 Å². The molecule has 26 heavy (non-hydrogen) atoms. The molecule has 1 aliphatic heterocycles. The molecule has 0 amide bonds. The van der Waals surface area contributed by atoms with Gasteiger partial charge in [0, 0.05) is 37.4 Å². The Kier molecular flexibility index (Phi) is 7.02. The second kappa shape index (κ2) is 9.25. The minimum Gasteiger partial charge on any atom is -0.490 e. The molecular weight excluding hydrogens is 367 g/mol. The molecule has 2 aromatic rings. The number of hydrogen-bond acceptors (Lipinski definition) is 3. The third-order valence-corrected chi connectivity index (χ3v) is 6.07. The minimum atomic E-state index is 0. The van der Waals surface area contributed by atoms with Crippen LogP contribution in [-0.4, -0.2) is 35.6 Å². The molecule has 0 radical (unpaired) electrons. The zero-order valence-corrected chi connectivity index (χ0v) is 16.8. The number of fused-ring (bicyclic) bond motifs is 1. The zero-order valence-electron chi connectivity index (χ0n) is 15.2. The SMILES string of the molecule is Cl.Clc1cc(OC2CCN(CC3CCCCC3)CC2)cc2ccncc12. The molecule has 1 aromatic carbocycles. The second-order valence-electron chi connectivity index (χ2n) is 7.62. The predicted molar refractivity (Wildman–Crippen MR) is 111 cm³/mol. The molecule has 4 rings (SSSR count). The molecular formula is C21H28Cl2N2O. The number of ether oxygens (including phenoxy) is 1. The van der Waals surface area contributed by atoms with Gasteiger partial charge in [-0.3, -0.25) is 4.98 Å². The molecule has 2 fully saturated rings. The lowest BCUT2D eigenvalue weighted by atomic mass is 9.88. The Balaban J connectivity index is 0.00000196. The smallest absolute Gasteiger partial charge is 0.121 e.